The molecule has 0 spiro atoms. The third-order valence-electron chi connectivity index (χ3n) is 3.01. The molecule has 3 nitrogen and oxygen atoms in total. The zero-order chi connectivity index (χ0) is 10.6. The van der Waals surface area contributed by atoms with E-state index in [4.69, 9.17) is 4.74 Å². The highest BCUT2D eigenvalue weighted by atomic mass is 16.6. The number of hydrogen-bond acceptors (Lipinski definition) is 3. The van der Waals surface area contributed by atoms with E-state index in [1.165, 1.54) is 0 Å². The molecule has 3 unspecified atom stereocenters. The van der Waals surface area contributed by atoms with Crippen LogP contribution in [0.15, 0.2) is 0 Å². The van der Waals surface area contributed by atoms with E-state index < -0.39 is 6.10 Å². The first-order valence-electron chi connectivity index (χ1n) is 5.54. The van der Waals surface area contributed by atoms with Gasteiger partial charge < -0.3 is 9.84 Å². The molecule has 1 fully saturated rings. The molecule has 3 atom stereocenters. The highest BCUT2D eigenvalue weighted by Crippen LogP contribution is 2.28. The second kappa shape index (κ2) is 5.35. The van der Waals surface area contributed by atoms with Crippen LogP contribution in [-0.4, -0.2) is 23.3 Å². The lowest BCUT2D eigenvalue weighted by Gasteiger charge is -2.32. The molecular formula is C11H20O3. The summed E-state index contributed by atoms with van der Waals surface area (Å²) in [6.45, 7) is 3.90. The minimum atomic E-state index is -0.454. The van der Waals surface area contributed by atoms with Gasteiger partial charge in [-0.3, -0.25) is 4.79 Å². The average Bonchev–Trinajstić information content (AvgIpc) is 2.20. The molecule has 0 aromatic rings. The summed E-state index contributed by atoms with van der Waals surface area (Å²) >= 11 is 0. The summed E-state index contributed by atoms with van der Waals surface area (Å²) in [5.41, 5.74) is 0. The standard InChI is InChI=1S/C11H20O3/c1-3-8-5-6-10(9(12)7-8)14-11(13)4-2/h8-10,12H,3-7H2,1-2H3. The Hall–Kier alpha value is -0.570. The number of carbonyl (C=O) groups is 1. The third-order valence-corrected chi connectivity index (χ3v) is 3.01. The minimum Gasteiger partial charge on any atom is -0.460 e. The Bertz CT molecular complexity index is 191. The van der Waals surface area contributed by atoms with Gasteiger partial charge in [-0.25, -0.2) is 0 Å². The first-order chi connectivity index (χ1) is 6.67. The average molecular weight is 200 g/mol. The third kappa shape index (κ3) is 2.98. The molecule has 0 saturated heterocycles. The maximum Gasteiger partial charge on any atom is 0.305 e. The number of esters is 1. The molecule has 1 saturated carbocycles. The molecule has 1 aliphatic rings. The van der Waals surface area contributed by atoms with Crippen LogP contribution in [0.4, 0.5) is 0 Å². The summed E-state index contributed by atoms with van der Waals surface area (Å²) in [4.78, 5) is 11.0. The van der Waals surface area contributed by atoms with Gasteiger partial charge in [0.05, 0.1) is 6.10 Å². The van der Waals surface area contributed by atoms with Gasteiger partial charge in [0.2, 0.25) is 0 Å². The number of rotatable bonds is 3. The quantitative estimate of drug-likeness (QED) is 0.707. The van der Waals surface area contributed by atoms with Gasteiger partial charge in [-0.15, -0.1) is 0 Å². The molecule has 14 heavy (non-hydrogen) atoms. The largest absolute Gasteiger partial charge is 0.460 e. The highest BCUT2D eigenvalue weighted by Gasteiger charge is 2.30. The summed E-state index contributed by atoms with van der Waals surface area (Å²) in [5.74, 6) is 0.394. The molecule has 0 amide bonds. The van der Waals surface area contributed by atoms with Crippen LogP contribution in [0, 0.1) is 5.92 Å². The van der Waals surface area contributed by atoms with E-state index in [0.717, 1.165) is 25.7 Å². The van der Waals surface area contributed by atoms with Crippen molar-refractivity contribution < 1.29 is 14.6 Å². The summed E-state index contributed by atoms with van der Waals surface area (Å²) in [5, 5.41) is 9.74. The van der Waals surface area contributed by atoms with Crippen molar-refractivity contribution in [3.63, 3.8) is 0 Å². The van der Waals surface area contributed by atoms with Crippen molar-refractivity contribution in [2.24, 2.45) is 5.92 Å². The molecule has 1 aliphatic carbocycles. The van der Waals surface area contributed by atoms with Crippen molar-refractivity contribution in [3.8, 4) is 0 Å². The lowest BCUT2D eigenvalue weighted by atomic mass is 9.84. The lowest BCUT2D eigenvalue weighted by molar-refractivity contribution is -0.158. The summed E-state index contributed by atoms with van der Waals surface area (Å²) < 4.78 is 5.16. The smallest absolute Gasteiger partial charge is 0.305 e. The summed E-state index contributed by atoms with van der Waals surface area (Å²) in [6.07, 6.45) is 3.43. The van der Waals surface area contributed by atoms with Crippen molar-refractivity contribution in [2.45, 2.75) is 58.2 Å². The summed E-state index contributed by atoms with van der Waals surface area (Å²) in [7, 11) is 0. The molecule has 0 aromatic carbocycles. The van der Waals surface area contributed by atoms with Gasteiger partial charge in [-0.1, -0.05) is 20.3 Å². The Balaban J connectivity index is 2.38. The van der Waals surface area contributed by atoms with Crippen molar-refractivity contribution in [1.82, 2.24) is 0 Å². The number of aliphatic hydroxyl groups excluding tert-OH is 1. The highest BCUT2D eigenvalue weighted by molar-refractivity contribution is 5.69. The van der Waals surface area contributed by atoms with Crippen LogP contribution in [0.5, 0.6) is 0 Å². The van der Waals surface area contributed by atoms with E-state index in [1.54, 1.807) is 6.92 Å². The maximum absolute atomic E-state index is 11.0. The minimum absolute atomic E-state index is 0.205. The lowest BCUT2D eigenvalue weighted by Crippen LogP contribution is -2.37. The van der Waals surface area contributed by atoms with Crippen molar-refractivity contribution in [2.75, 3.05) is 0 Å². The fraction of sp³-hybridized carbons (Fsp3) is 0.909. The molecule has 0 heterocycles. The van der Waals surface area contributed by atoms with Crippen molar-refractivity contribution in [1.29, 1.82) is 0 Å². The first-order valence-corrected chi connectivity index (χ1v) is 5.54. The van der Waals surface area contributed by atoms with Gasteiger partial charge in [0, 0.05) is 6.42 Å². The molecule has 82 valence electrons. The second-order valence-electron chi connectivity index (χ2n) is 4.04. The Morgan fingerprint density at radius 2 is 2.14 bits per heavy atom. The van der Waals surface area contributed by atoms with Crippen LogP contribution in [0.2, 0.25) is 0 Å². The predicted octanol–water partition coefficient (Wildman–Crippen LogP) is 1.88. The zero-order valence-corrected chi connectivity index (χ0v) is 9.03. The fourth-order valence-electron chi connectivity index (χ4n) is 1.96. The second-order valence-corrected chi connectivity index (χ2v) is 4.04. The molecule has 0 aromatic heterocycles. The van der Waals surface area contributed by atoms with Gasteiger partial charge in [0.25, 0.3) is 0 Å². The van der Waals surface area contributed by atoms with Crippen molar-refractivity contribution >= 4 is 5.97 Å². The molecule has 0 aliphatic heterocycles. The van der Waals surface area contributed by atoms with Crippen LogP contribution in [0.3, 0.4) is 0 Å². The van der Waals surface area contributed by atoms with E-state index >= 15 is 0 Å². The van der Waals surface area contributed by atoms with Crippen LogP contribution in [0.25, 0.3) is 0 Å². The summed E-state index contributed by atoms with van der Waals surface area (Å²) in [6, 6.07) is 0. The molecule has 0 radical (unpaired) electrons. The van der Waals surface area contributed by atoms with E-state index in [0.29, 0.717) is 12.3 Å². The van der Waals surface area contributed by atoms with Gasteiger partial charge in [-0.05, 0) is 25.2 Å². The first kappa shape index (κ1) is 11.5. The molecule has 0 bridgehead atoms. The SMILES string of the molecule is CCC(=O)OC1CCC(CC)CC1O. The Morgan fingerprint density at radius 3 is 2.64 bits per heavy atom. The van der Waals surface area contributed by atoms with Gasteiger partial charge >= 0.3 is 5.97 Å². The van der Waals surface area contributed by atoms with Crippen LogP contribution in [0.1, 0.15) is 46.0 Å². The van der Waals surface area contributed by atoms with Gasteiger partial charge in [-0.2, -0.15) is 0 Å². The van der Waals surface area contributed by atoms with Crippen molar-refractivity contribution in [3.05, 3.63) is 0 Å². The maximum atomic E-state index is 11.0. The molecule has 1 rings (SSSR count). The van der Waals surface area contributed by atoms with E-state index in [1.807, 2.05) is 0 Å². The molecular weight excluding hydrogens is 180 g/mol. The monoisotopic (exact) mass is 200 g/mol. The van der Waals surface area contributed by atoms with Crippen LogP contribution in [-0.2, 0) is 9.53 Å². The zero-order valence-electron chi connectivity index (χ0n) is 9.03. The predicted molar refractivity (Wildman–Crippen MR) is 53.8 cm³/mol. The number of carbonyl (C=O) groups excluding carboxylic acids is 1. The number of hydrogen-bond donors (Lipinski definition) is 1. The Morgan fingerprint density at radius 1 is 1.43 bits per heavy atom. The van der Waals surface area contributed by atoms with E-state index in [9.17, 15) is 9.90 Å². The van der Waals surface area contributed by atoms with Crippen LogP contribution < -0.4 is 0 Å². The Kier molecular flexibility index (Phi) is 4.39. The topological polar surface area (TPSA) is 46.5 Å². The van der Waals surface area contributed by atoms with Crippen LogP contribution >= 0.6 is 0 Å². The normalized spacial score (nSPS) is 32.6. The number of aliphatic hydroxyl groups is 1. The van der Waals surface area contributed by atoms with E-state index in [2.05, 4.69) is 6.92 Å². The van der Waals surface area contributed by atoms with Gasteiger partial charge in [0.1, 0.15) is 6.10 Å². The number of ether oxygens (including phenoxy) is 1. The molecule has 1 N–H and O–H groups in total. The van der Waals surface area contributed by atoms with E-state index in [-0.39, 0.29) is 12.1 Å². The Labute approximate surface area is 85.5 Å². The fourth-order valence-corrected chi connectivity index (χ4v) is 1.96. The van der Waals surface area contributed by atoms with Gasteiger partial charge in [0.15, 0.2) is 0 Å². The molecule has 3 heteroatoms.